The lowest BCUT2D eigenvalue weighted by Gasteiger charge is -2.35. The van der Waals surface area contributed by atoms with Crippen LogP contribution in [-0.2, 0) is 4.79 Å². The summed E-state index contributed by atoms with van der Waals surface area (Å²) in [6, 6.07) is 11.4. The topological polar surface area (TPSA) is 91.7 Å². The van der Waals surface area contributed by atoms with Crippen LogP contribution in [0.1, 0.15) is 33.8 Å². The van der Waals surface area contributed by atoms with E-state index in [0.717, 1.165) is 0 Å². The van der Waals surface area contributed by atoms with Crippen LogP contribution in [-0.4, -0.2) is 48.3 Å². The fourth-order valence-electron chi connectivity index (χ4n) is 3.49. The van der Waals surface area contributed by atoms with Crippen LogP contribution in [0.25, 0.3) is 0 Å². The number of carbonyl (C=O) groups excluding carboxylic acids is 3. The highest BCUT2D eigenvalue weighted by atomic mass is 16.3. The molecule has 1 aromatic heterocycles. The molecule has 1 aliphatic rings. The molecule has 2 aromatic rings. The molecule has 0 saturated carbocycles. The maximum Gasteiger partial charge on any atom is 0.289 e. The van der Waals surface area contributed by atoms with Crippen molar-refractivity contribution in [3.05, 3.63) is 72.7 Å². The molecule has 0 aliphatic carbocycles. The Morgan fingerprint density at radius 2 is 1.86 bits per heavy atom. The first-order chi connectivity index (χ1) is 14.1. The summed E-state index contributed by atoms with van der Waals surface area (Å²) in [5.41, 5.74) is 0.499. The van der Waals surface area contributed by atoms with Gasteiger partial charge < -0.3 is 20.0 Å². The first-order valence-electron chi connectivity index (χ1n) is 9.67. The summed E-state index contributed by atoms with van der Waals surface area (Å²) < 4.78 is 5.19. The summed E-state index contributed by atoms with van der Waals surface area (Å²) in [7, 11) is 0. The smallest absolute Gasteiger partial charge is 0.289 e. The van der Waals surface area contributed by atoms with E-state index in [0.29, 0.717) is 43.8 Å². The third kappa shape index (κ3) is 5.13. The average molecular weight is 395 g/mol. The first-order valence-corrected chi connectivity index (χ1v) is 9.67. The van der Waals surface area contributed by atoms with E-state index in [1.165, 1.54) is 6.26 Å². The number of likely N-dealkylation sites (tertiary alicyclic amines) is 1. The predicted molar refractivity (Wildman–Crippen MR) is 108 cm³/mol. The number of nitrogens with one attached hydrogen (secondary N) is 2. The summed E-state index contributed by atoms with van der Waals surface area (Å²) in [4.78, 5) is 39.5. The minimum atomic E-state index is -0.677. The van der Waals surface area contributed by atoms with Crippen LogP contribution in [0.2, 0.25) is 0 Å². The number of hydrogen-bond donors (Lipinski definition) is 2. The summed E-state index contributed by atoms with van der Waals surface area (Å²) in [5.74, 6) is -0.466. The molecule has 0 spiro atoms. The monoisotopic (exact) mass is 395 g/mol. The Morgan fingerprint density at radius 3 is 2.48 bits per heavy atom. The van der Waals surface area contributed by atoms with E-state index in [1.807, 2.05) is 6.07 Å². The van der Waals surface area contributed by atoms with Crippen molar-refractivity contribution in [1.82, 2.24) is 15.5 Å². The van der Waals surface area contributed by atoms with Gasteiger partial charge in [0.2, 0.25) is 5.91 Å². The van der Waals surface area contributed by atoms with Gasteiger partial charge in [-0.3, -0.25) is 14.4 Å². The fraction of sp³-hybridized carbons (Fsp3) is 0.318. The molecule has 2 heterocycles. The van der Waals surface area contributed by atoms with Crippen molar-refractivity contribution in [2.45, 2.75) is 18.9 Å². The highest BCUT2D eigenvalue weighted by Crippen LogP contribution is 2.23. The van der Waals surface area contributed by atoms with Crippen LogP contribution < -0.4 is 10.6 Å². The van der Waals surface area contributed by atoms with Crippen LogP contribution in [0.3, 0.4) is 0 Å². The molecule has 0 unspecified atom stereocenters. The molecule has 1 atom stereocenters. The van der Waals surface area contributed by atoms with E-state index in [2.05, 4.69) is 17.2 Å². The van der Waals surface area contributed by atoms with Crippen molar-refractivity contribution >= 4 is 17.7 Å². The zero-order valence-electron chi connectivity index (χ0n) is 16.2. The number of hydrogen-bond acceptors (Lipinski definition) is 4. The second-order valence-corrected chi connectivity index (χ2v) is 6.96. The number of piperidine rings is 1. The van der Waals surface area contributed by atoms with Crippen molar-refractivity contribution in [1.29, 1.82) is 0 Å². The van der Waals surface area contributed by atoms with Gasteiger partial charge in [-0.05, 0) is 43.0 Å². The van der Waals surface area contributed by atoms with Crippen LogP contribution in [0.15, 0.2) is 65.8 Å². The number of furan rings is 1. The maximum absolute atomic E-state index is 12.7. The highest BCUT2D eigenvalue weighted by Gasteiger charge is 2.34. The van der Waals surface area contributed by atoms with E-state index >= 15 is 0 Å². The van der Waals surface area contributed by atoms with Crippen molar-refractivity contribution in [3.63, 3.8) is 0 Å². The van der Waals surface area contributed by atoms with Crippen molar-refractivity contribution in [2.75, 3.05) is 19.6 Å². The van der Waals surface area contributed by atoms with Gasteiger partial charge in [-0.15, -0.1) is 6.58 Å². The van der Waals surface area contributed by atoms with Gasteiger partial charge in [0, 0.05) is 25.2 Å². The van der Waals surface area contributed by atoms with Crippen molar-refractivity contribution < 1.29 is 18.8 Å². The van der Waals surface area contributed by atoms with Gasteiger partial charge in [0.05, 0.1) is 6.26 Å². The molecule has 7 nitrogen and oxygen atoms in total. The highest BCUT2D eigenvalue weighted by molar-refractivity contribution is 5.97. The van der Waals surface area contributed by atoms with Crippen LogP contribution in [0.5, 0.6) is 0 Å². The van der Waals surface area contributed by atoms with Crippen molar-refractivity contribution in [2.24, 2.45) is 5.92 Å². The Hall–Kier alpha value is -3.35. The van der Waals surface area contributed by atoms with Crippen LogP contribution in [0, 0.1) is 5.92 Å². The Kier molecular flexibility index (Phi) is 6.84. The normalized spacial score (nSPS) is 15.4. The Bertz CT molecular complexity index is 840. The first kappa shape index (κ1) is 20.4. The molecule has 1 aromatic carbocycles. The number of amides is 3. The standard InChI is InChI=1S/C22H25N3O4/c1-2-12-23-21(27)19(24-20(26)17-7-4-3-5-8-17)16-10-13-25(14-11-16)22(28)18-9-6-15-29-18/h2-9,15-16,19H,1,10-14H2,(H,23,27)(H,24,26)/t19-/m1/s1. The molecule has 1 saturated heterocycles. The maximum atomic E-state index is 12.7. The van der Waals surface area contributed by atoms with E-state index in [9.17, 15) is 14.4 Å². The molecule has 3 amide bonds. The van der Waals surface area contributed by atoms with Gasteiger partial charge in [-0.2, -0.15) is 0 Å². The molecule has 0 radical (unpaired) electrons. The average Bonchev–Trinajstić information content (AvgIpc) is 3.31. The van der Waals surface area contributed by atoms with Gasteiger partial charge in [0.25, 0.3) is 11.8 Å². The third-order valence-electron chi connectivity index (χ3n) is 5.06. The van der Waals surface area contributed by atoms with Gasteiger partial charge in [-0.25, -0.2) is 0 Å². The van der Waals surface area contributed by atoms with Crippen LogP contribution >= 0.6 is 0 Å². The number of rotatable bonds is 7. The lowest BCUT2D eigenvalue weighted by atomic mass is 9.88. The third-order valence-corrected chi connectivity index (χ3v) is 5.06. The molecule has 3 rings (SSSR count). The second kappa shape index (κ2) is 9.73. The molecule has 1 aliphatic heterocycles. The molecule has 0 bridgehead atoms. The van der Waals surface area contributed by atoms with E-state index in [-0.39, 0.29) is 23.6 Å². The molecule has 7 heteroatoms. The Balaban J connectivity index is 1.66. The molecular formula is C22H25N3O4. The number of benzene rings is 1. The molecular weight excluding hydrogens is 370 g/mol. The summed E-state index contributed by atoms with van der Waals surface area (Å²) >= 11 is 0. The predicted octanol–water partition coefficient (Wildman–Crippen LogP) is 2.23. The SMILES string of the molecule is C=CCNC(=O)[C@H](NC(=O)c1ccccc1)C1CCN(C(=O)c2ccco2)CC1. The number of carbonyl (C=O) groups is 3. The summed E-state index contributed by atoms with van der Waals surface area (Å²) in [5, 5.41) is 5.65. The molecule has 2 N–H and O–H groups in total. The second-order valence-electron chi connectivity index (χ2n) is 6.96. The fourth-order valence-corrected chi connectivity index (χ4v) is 3.49. The lowest BCUT2D eigenvalue weighted by Crippen LogP contribution is -2.53. The zero-order chi connectivity index (χ0) is 20.6. The summed E-state index contributed by atoms with van der Waals surface area (Å²) in [6.07, 6.45) is 4.28. The van der Waals surface area contributed by atoms with Gasteiger partial charge in [0.1, 0.15) is 6.04 Å². The van der Waals surface area contributed by atoms with E-state index in [4.69, 9.17) is 4.42 Å². The quantitative estimate of drug-likeness (QED) is 0.704. The van der Waals surface area contributed by atoms with Crippen molar-refractivity contribution in [3.8, 4) is 0 Å². The van der Waals surface area contributed by atoms with Crippen LogP contribution in [0.4, 0.5) is 0 Å². The number of nitrogens with zero attached hydrogens (tertiary/aromatic N) is 1. The lowest BCUT2D eigenvalue weighted by molar-refractivity contribution is -0.124. The minimum absolute atomic E-state index is 0.0758. The summed E-state index contributed by atoms with van der Waals surface area (Å²) in [6.45, 7) is 4.93. The zero-order valence-corrected chi connectivity index (χ0v) is 16.2. The van der Waals surface area contributed by atoms with E-state index < -0.39 is 6.04 Å². The van der Waals surface area contributed by atoms with Gasteiger partial charge >= 0.3 is 0 Å². The Labute approximate surface area is 169 Å². The molecule has 152 valence electrons. The Morgan fingerprint density at radius 1 is 1.14 bits per heavy atom. The van der Waals surface area contributed by atoms with E-state index in [1.54, 1.807) is 47.4 Å². The largest absolute Gasteiger partial charge is 0.459 e. The van der Waals surface area contributed by atoms with Gasteiger partial charge in [0.15, 0.2) is 5.76 Å². The minimum Gasteiger partial charge on any atom is -0.459 e. The molecule has 1 fully saturated rings. The van der Waals surface area contributed by atoms with Gasteiger partial charge in [-0.1, -0.05) is 24.3 Å². The molecule has 29 heavy (non-hydrogen) atoms.